The largest absolute Gasteiger partial charge is 0.379 e. The van der Waals surface area contributed by atoms with Crippen molar-refractivity contribution in [2.24, 2.45) is 4.99 Å². The molecule has 8 nitrogen and oxygen atoms in total. The molecule has 0 amide bonds. The molecule has 1 aliphatic rings. The monoisotopic (exact) mass is 392 g/mol. The van der Waals surface area contributed by atoms with Gasteiger partial charge in [0.05, 0.1) is 25.8 Å². The molecule has 0 bridgehead atoms. The van der Waals surface area contributed by atoms with Gasteiger partial charge in [-0.1, -0.05) is 11.2 Å². The van der Waals surface area contributed by atoms with Gasteiger partial charge in [-0.05, 0) is 25.3 Å². The third-order valence-electron chi connectivity index (χ3n) is 4.33. The van der Waals surface area contributed by atoms with Crippen molar-refractivity contribution in [2.45, 2.75) is 26.3 Å². The van der Waals surface area contributed by atoms with E-state index in [1.165, 1.54) is 4.88 Å². The summed E-state index contributed by atoms with van der Waals surface area (Å²) in [5.74, 6) is 2.11. The average molecular weight is 393 g/mol. The van der Waals surface area contributed by atoms with Crippen molar-refractivity contribution in [2.75, 3.05) is 45.9 Å². The number of hydrogen-bond acceptors (Lipinski definition) is 7. The van der Waals surface area contributed by atoms with E-state index >= 15 is 0 Å². The highest BCUT2D eigenvalue weighted by molar-refractivity contribution is 7.10. The molecule has 2 N–H and O–H groups in total. The third kappa shape index (κ3) is 6.02. The van der Waals surface area contributed by atoms with Crippen LogP contribution < -0.4 is 10.6 Å². The van der Waals surface area contributed by atoms with Crippen molar-refractivity contribution in [1.29, 1.82) is 0 Å². The Kier molecular flexibility index (Phi) is 7.61. The van der Waals surface area contributed by atoms with Gasteiger partial charge in [0.2, 0.25) is 5.89 Å². The minimum Gasteiger partial charge on any atom is -0.379 e. The van der Waals surface area contributed by atoms with E-state index in [1.54, 1.807) is 11.3 Å². The second-order valence-corrected chi connectivity index (χ2v) is 7.29. The molecule has 27 heavy (non-hydrogen) atoms. The molecule has 1 fully saturated rings. The molecule has 0 radical (unpaired) electrons. The van der Waals surface area contributed by atoms with E-state index < -0.39 is 0 Å². The molecule has 0 aromatic carbocycles. The van der Waals surface area contributed by atoms with Crippen LogP contribution >= 0.6 is 11.3 Å². The highest BCUT2D eigenvalue weighted by atomic mass is 32.1. The molecule has 0 spiro atoms. The van der Waals surface area contributed by atoms with E-state index in [1.807, 2.05) is 6.92 Å². The Balaban J connectivity index is 1.60. The van der Waals surface area contributed by atoms with Crippen LogP contribution in [0.4, 0.5) is 0 Å². The van der Waals surface area contributed by atoms with Crippen molar-refractivity contribution < 1.29 is 9.26 Å². The van der Waals surface area contributed by atoms with Crippen LogP contribution in [0.25, 0.3) is 0 Å². The van der Waals surface area contributed by atoms with Crippen LogP contribution in [0.15, 0.2) is 27.0 Å². The fourth-order valence-electron chi connectivity index (χ4n) is 3.00. The molecule has 148 valence electrons. The minimum atomic E-state index is 0.281. The van der Waals surface area contributed by atoms with E-state index in [-0.39, 0.29) is 6.04 Å². The van der Waals surface area contributed by atoms with E-state index in [2.05, 4.69) is 50.1 Å². The summed E-state index contributed by atoms with van der Waals surface area (Å²) in [6.45, 7) is 9.55. The van der Waals surface area contributed by atoms with E-state index in [4.69, 9.17) is 14.3 Å². The maximum Gasteiger partial charge on any atom is 0.228 e. The zero-order valence-electron chi connectivity index (χ0n) is 16.0. The molecule has 2 aromatic heterocycles. The molecule has 1 saturated heterocycles. The number of rotatable bonds is 8. The summed E-state index contributed by atoms with van der Waals surface area (Å²) < 4.78 is 10.7. The van der Waals surface area contributed by atoms with Gasteiger partial charge in [-0.3, -0.25) is 9.89 Å². The number of thiophene rings is 1. The molecule has 1 aliphatic heterocycles. The summed E-state index contributed by atoms with van der Waals surface area (Å²) in [5.41, 5.74) is 0. The molecule has 3 heterocycles. The van der Waals surface area contributed by atoms with Crippen LogP contribution in [0.2, 0.25) is 0 Å². The van der Waals surface area contributed by atoms with E-state index in [9.17, 15) is 0 Å². The van der Waals surface area contributed by atoms with Crippen molar-refractivity contribution in [3.63, 3.8) is 0 Å². The molecule has 1 unspecified atom stereocenters. The zero-order valence-corrected chi connectivity index (χ0v) is 16.8. The van der Waals surface area contributed by atoms with Crippen molar-refractivity contribution in [3.05, 3.63) is 34.1 Å². The highest BCUT2D eigenvalue weighted by Crippen LogP contribution is 2.26. The molecule has 9 heteroatoms. The SMILES string of the molecule is CCNC(=NCC(c1cccs1)N1CCOCC1)NCCc1nc(C)no1. The van der Waals surface area contributed by atoms with Gasteiger partial charge in [0.25, 0.3) is 0 Å². The van der Waals surface area contributed by atoms with Crippen molar-refractivity contribution in [3.8, 4) is 0 Å². The summed E-state index contributed by atoms with van der Waals surface area (Å²) in [7, 11) is 0. The number of guanidine groups is 1. The van der Waals surface area contributed by atoms with Gasteiger partial charge in [0.1, 0.15) is 0 Å². The summed E-state index contributed by atoms with van der Waals surface area (Å²) in [6, 6.07) is 4.58. The number of nitrogens with zero attached hydrogens (tertiary/aromatic N) is 4. The number of aliphatic imine (C=N–C) groups is 1. The first kappa shape index (κ1) is 19.8. The van der Waals surface area contributed by atoms with Crippen LogP contribution in [0, 0.1) is 6.92 Å². The lowest BCUT2D eigenvalue weighted by atomic mass is 10.2. The fraction of sp³-hybridized carbons (Fsp3) is 0.611. The quantitative estimate of drug-likeness (QED) is 0.521. The number of morpholine rings is 1. The van der Waals surface area contributed by atoms with Crippen LogP contribution in [-0.2, 0) is 11.2 Å². The lowest BCUT2D eigenvalue weighted by Gasteiger charge is -2.33. The standard InChI is InChI=1S/C18H28N6O2S/c1-3-19-18(20-7-6-17-22-14(2)23-26-17)21-13-15(16-5-4-12-27-16)24-8-10-25-11-9-24/h4-5,12,15H,3,6-11,13H2,1-2H3,(H2,19,20,21). The average Bonchev–Trinajstić information content (AvgIpc) is 3.35. The molecular weight excluding hydrogens is 364 g/mol. The molecule has 3 rings (SSSR count). The maximum atomic E-state index is 5.51. The first-order valence-electron chi connectivity index (χ1n) is 9.43. The van der Waals surface area contributed by atoms with Crippen LogP contribution in [0.1, 0.15) is 29.6 Å². The summed E-state index contributed by atoms with van der Waals surface area (Å²) >= 11 is 1.79. The molecule has 2 aromatic rings. The van der Waals surface area contributed by atoms with Gasteiger partial charge in [0.15, 0.2) is 11.8 Å². The zero-order chi connectivity index (χ0) is 18.9. The molecule has 1 atom stereocenters. The van der Waals surface area contributed by atoms with E-state index in [0.717, 1.165) is 38.8 Å². The number of aromatic nitrogens is 2. The smallest absolute Gasteiger partial charge is 0.228 e. The topological polar surface area (TPSA) is 87.8 Å². The Bertz CT molecular complexity index is 697. The number of hydrogen-bond donors (Lipinski definition) is 2. The normalized spacial score (nSPS) is 17.0. The predicted octanol–water partition coefficient (Wildman–Crippen LogP) is 1.61. The van der Waals surface area contributed by atoms with Crippen LogP contribution in [0.5, 0.6) is 0 Å². The third-order valence-corrected chi connectivity index (χ3v) is 5.30. The Morgan fingerprint density at radius 1 is 1.37 bits per heavy atom. The van der Waals surface area contributed by atoms with Gasteiger partial charge in [-0.25, -0.2) is 0 Å². The van der Waals surface area contributed by atoms with Gasteiger partial charge < -0.3 is 19.9 Å². The van der Waals surface area contributed by atoms with Gasteiger partial charge in [0, 0.05) is 37.5 Å². The van der Waals surface area contributed by atoms with E-state index in [0.29, 0.717) is 31.2 Å². The van der Waals surface area contributed by atoms with Gasteiger partial charge in [-0.2, -0.15) is 4.98 Å². The van der Waals surface area contributed by atoms with Crippen LogP contribution in [0.3, 0.4) is 0 Å². The Morgan fingerprint density at radius 3 is 2.89 bits per heavy atom. The molecular formula is C18H28N6O2S. The second-order valence-electron chi connectivity index (χ2n) is 6.31. The number of ether oxygens (including phenoxy) is 1. The van der Waals surface area contributed by atoms with Crippen LogP contribution in [-0.4, -0.2) is 66.9 Å². The lowest BCUT2D eigenvalue weighted by Crippen LogP contribution is -2.42. The van der Waals surface area contributed by atoms with Crippen molar-refractivity contribution in [1.82, 2.24) is 25.7 Å². The second kappa shape index (κ2) is 10.4. The highest BCUT2D eigenvalue weighted by Gasteiger charge is 2.23. The van der Waals surface area contributed by atoms with Gasteiger partial charge >= 0.3 is 0 Å². The Labute approximate surface area is 164 Å². The fourth-order valence-corrected chi connectivity index (χ4v) is 3.86. The van der Waals surface area contributed by atoms with Gasteiger partial charge in [-0.15, -0.1) is 11.3 Å². The lowest BCUT2D eigenvalue weighted by molar-refractivity contribution is 0.0186. The number of nitrogens with one attached hydrogen (secondary N) is 2. The summed E-state index contributed by atoms with van der Waals surface area (Å²) in [6.07, 6.45) is 0.670. The Morgan fingerprint density at radius 2 is 2.22 bits per heavy atom. The summed E-state index contributed by atoms with van der Waals surface area (Å²) in [4.78, 5) is 12.9. The Hall–Kier alpha value is -1.97. The molecule has 0 aliphatic carbocycles. The minimum absolute atomic E-state index is 0.281. The molecule has 0 saturated carbocycles. The first-order valence-corrected chi connectivity index (χ1v) is 10.3. The first-order chi connectivity index (χ1) is 13.3. The number of aryl methyl sites for hydroxylation is 1. The van der Waals surface area contributed by atoms with Crippen molar-refractivity contribution >= 4 is 17.3 Å². The summed E-state index contributed by atoms with van der Waals surface area (Å²) in [5, 5.41) is 12.6. The predicted molar refractivity (Wildman–Crippen MR) is 106 cm³/mol. The maximum absolute atomic E-state index is 5.51.